The summed E-state index contributed by atoms with van der Waals surface area (Å²) in [6, 6.07) is 15.3. The standard InChI is InChI=1S/C11H10N/c1-12-9-5-8-11(12)10-6-3-2-4-7-10/h2-6,8-9H,1H3. The van der Waals surface area contributed by atoms with Crippen molar-refractivity contribution in [3.63, 3.8) is 0 Å². The lowest BCUT2D eigenvalue weighted by Crippen LogP contribution is -1.88. The summed E-state index contributed by atoms with van der Waals surface area (Å²) in [6.45, 7) is 0. The van der Waals surface area contributed by atoms with E-state index in [9.17, 15) is 0 Å². The number of aromatic nitrogens is 1. The van der Waals surface area contributed by atoms with Crippen LogP contribution in [-0.4, -0.2) is 4.57 Å². The number of hydrogen-bond donors (Lipinski definition) is 0. The first-order valence-electron chi connectivity index (χ1n) is 3.96. The monoisotopic (exact) mass is 156 g/mol. The van der Waals surface area contributed by atoms with E-state index in [1.54, 1.807) is 0 Å². The van der Waals surface area contributed by atoms with Crippen molar-refractivity contribution >= 4 is 0 Å². The van der Waals surface area contributed by atoms with E-state index in [-0.39, 0.29) is 0 Å². The lowest BCUT2D eigenvalue weighted by Gasteiger charge is -2.01. The lowest BCUT2D eigenvalue weighted by atomic mass is 10.2. The van der Waals surface area contributed by atoms with Gasteiger partial charge >= 0.3 is 0 Å². The van der Waals surface area contributed by atoms with Crippen LogP contribution in [0.1, 0.15) is 0 Å². The second-order valence-electron chi connectivity index (χ2n) is 2.78. The molecule has 0 bridgehead atoms. The Kier molecular flexibility index (Phi) is 1.71. The Labute approximate surface area is 72.3 Å². The van der Waals surface area contributed by atoms with Crippen LogP contribution in [0.3, 0.4) is 0 Å². The normalized spacial score (nSPS) is 10.1. The molecule has 12 heavy (non-hydrogen) atoms. The topological polar surface area (TPSA) is 4.93 Å². The highest BCUT2D eigenvalue weighted by molar-refractivity contribution is 5.58. The molecule has 0 unspecified atom stereocenters. The molecular weight excluding hydrogens is 146 g/mol. The minimum absolute atomic E-state index is 1.14. The lowest BCUT2D eigenvalue weighted by molar-refractivity contribution is 0.937. The van der Waals surface area contributed by atoms with Gasteiger partial charge in [-0.15, -0.1) is 0 Å². The summed E-state index contributed by atoms with van der Waals surface area (Å²) in [5, 5.41) is 0. The fraction of sp³-hybridized carbons (Fsp3) is 0.0909. The molecule has 0 atom stereocenters. The van der Waals surface area contributed by atoms with Crippen molar-refractivity contribution in [1.82, 2.24) is 4.57 Å². The van der Waals surface area contributed by atoms with Gasteiger partial charge in [-0.05, 0) is 18.2 Å². The average molecular weight is 156 g/mol. The van der Waals surface area contributed by atoms with Gasteiger partial charge in [-0.25, -0.2) is 0 Å². The van der Waals surface area contributed by atoms with E-state index >= 15 is 0 Å². The molecule has 0 fully saturated rings. The van der Waals surface area contributed by atoms with Crippen LogP contribution in [-0.2, 0) is 7.05 Å². The summed E-state index contributed by atoms with van der Waals surface area (Å²) in [5.41, 5.74) is 2.35. The Morgan fingerprint density at radius 2 is 2.08 bits per heavy atom. The van der Waals surface area contributed by atoms with Gasteiger partial charge in [-0.3, -0.25) is 0 Å². The molecule has 1 nitrogen and oxygen atoms in total. The molecule has 1 heterocycles. The van der Waals surface area contributed by atoms with E-state index in [0.717, 1.165) is 5.56 Å². The summed E-state index contributed by atoms with van der Waals surface area (Å²) in [7, 11) is 2.04. The Morgan fingerprint density at radius 1 is 1.17 bits per heavy atom. The van der Waals surface area contributed by atoms with Crippen LogP contribution in [0.25, 0.3) is 11.3 Å². The van der Waals surface area contributed by atoms with Crippen LogP contribution in [0.4, 0.5) is 0 Å². The largest absolute Gasteiger partial charge is 0.351 e. The zero-order chi connectivity index (χ0) is 8.39. The van der Waals surface area contributed by atoms with Crippen LogP contribution in [0.15, 0.2) is 42.6 Å². The molecule has 59 valence electrons. The highest BCUT2D eigenvalue weighted by atomic mass is 14.9. The zero-order valence-electron chi connectivity index (χ0n) is 6.99. The summed E-state index contributed by atoms with van der Waals surface area (Å²) in [5.74, 6) is 0. The molecule has 2 aromatic rings. The van der Waals surface area contributed by atoms with Gasteiger partial charge in [-0.1, -0.05) is 24.3 Å². The molecule has 1 aromatic heterocycles. The van der Waals surface area contributed by atoms with Gasteiger partial charge in [0.1, 0.15) is 0 Å². The number of aryl methyl sites for hydroxylation is 1. The maximum Gasteiger partial charge on any atom is 0.0483 e. The van der Waals surface area contributed by atoms with Gasteiger partial charge in [-0.2, -0.15) is 0 Å². The van der Waals surface area contributed by atoms with Gasteiger partial charge in [0, 0.05) is 24.5 Å². The molecule has 0 spiro atoms. The minimum atomic E-state index is 1.14. The fourth-order valence-corrected chi connectivity index (χ4v) is 1.29. The molecule has 0 aliphatic carbocycles. The number of hydrogen-bond acceptors (Lipinski definition) is 0. The van der Waals surface area contributed by atoms with Crippen LogP contribution < -0.4 is 0 Å². The maximum atomic E-state index is 3.19. The molecule has 1 radical (unpaired) electrons. The molecule has 1 heteroatoms. The van der Waals surface area contributed by atoms with Crippen LogP contribution in [0.5, 0.6) is 0 Å². The summed E-state index contributed by atoms with van der Waals surface area (Å²) >= 11 is 0. The fourth-order valence-electron chi connectivity index (χ4n) is 1.29. The van der Waals surface area contributed by atoms with E-state index in [0.29, 0.717) is 0 Å². The summed E-state index contributed by atoms with van der Waals surface area (Å²) in [6.07, 6.45) is 2.04. The molecule has 0 saturated carbocycles. The molecule has 1 aromatic carbocycles. The Bertz CT molecular complexity index is 360. The van der Waals surface area contributed by atoms with Gasteiger partial charge in [0.25, 0.3) is 0 Å². The van der Waals surface area contributed by atoms with Crippen molar-refractivity contribution in [1.29, 1.82) is 0 Å². The van der Waals surface area contributed by atoms with Gasteiger partial charge in [0.2, 0.25) is 0 Å². The molecule has 0 aliphatic heterocycles. The third-order valence-electron chi connectivity index (χ3n) is 1.93. The molecule has 0 N–H and O–H groups in total. The second-order valence-corrected chi connectivity index (χ2v) is 2.78. The summed E-state index contributed by atoms with van der Waals surface area (Å²) < 4.78 is 2.09. The Morgan fingerprint density at radius 3 is 2.67 bits per heavy atom. The third kappa shape index (κ3) is 1.14. The van der Waals surface area contributed by atoms with Crippen LogP contribution >= 0.6 is 0 Å². The minimum Gasteiger partial charge on any atom is -0.351 e. The molecule has 0 amide bonds. The second kappa shape index (κ2) is 2.86. The molecule has 2 rings (SSSR count). The van der Waals surface area contributed by atoms with Gasteiger partial charge < -0.3 is 4.57 Å². The van der Waals surface area contributed by atoms with Crippen molar-refractivity contribution in [2.75, 3.05) is 0 Å². The average Bonchev–Trinajstić information content (AvgIpc) is 2.53. The zero-order valence-corrected chi connectivity index (χ0v) is 6.99. The highest BCUT2D eigenvalue weighted by Gasteiger charge is 1.98. The first-order valence-corrected chi connectivity index (χ1v) is 3.96. The highest BCUT2D eigenvalue weighted by Crippen LogP contribution is 2.17. The molecular formula is C11H10N. The number of benzene rings is 1. The first kappa shape index (κ1) is 7.17. The Hall–Kier alpha value is -1.50. The van der Waals surface area contributed by atoms with Gasteiger partial charge in [0.15, 0.2) is 0 Å². The smallest absolute Gasteiger partial charge is 0.0483 e. The number of nitrogens with zero attached hydrogens (tertiary/aromatic N) is 1. The molecule has 0 aliphatic rings. The third-order valence-corrected chi connectivity index (χ3v) is 1.93. The summed E-state index contributed by atoms with van der Waals surface area (Å²) in [4.78, 5) is 0. The quantitative estimate of drug-likeness (QED) is 0.597. The van der Waals surface area contributed by atoms with Gasteiger partial charge in [0.05, 0.1) is 0 Å². The van der Waals surface area contributed by atoms with Crippen molar-refractivity contribution < 1.29 is 0 Å². The van der Waals surface area contributed by atoms with Crippen molar-refractivity contribution in [3.05, 3.63) is 48.7 Å². The van der Waals surface area contributed by atoms with E-state index in [1.807, 2.05) is 37.5 Å². The van der Waals surface area contributed by atoms with E-state index in [1.165, 1.54) is 5.69 Å². The first-order chi connectivity index (χ1) is 5.88. The Balaban J connectivity index is 2.51. The molecule has 0 saturated heterocycles. The number of rotatable bonds is 1. The van der Waals surface area contributed by atoms with Crippen molar-refractivity contribution in [2.24, 2.45) is 7.05 Å². The van der Waals surface area contributed by atoms with E-state index in [2.05, 4.69) is 22.8 Å². The van der Waals surface area contributed by atoms with Crippen molar-refractivity contribution in [3.8, 4) is 11.3 Å². The SMILES string of the molecule is Cn1cccc1-c1[c]cccc1. The van der Waals surface area contributed by atoms with E-state index < -0.39 is 0 Å². The maximum absolute atomic E-state index is 3.19. The predicted molar refractivity (Wildman–Crippen MR) is 49.7 cm³/mol. The van der Waals surface area contributed by atoms with Crippen LogP contribution in [0, 0.1) is 6.07 Å². The predicted octanol–water partition coefficient (Wildman–Crippen LogP) is 2.49. The van der Waals surface area contributed by atoms with Crippen LogP contribution in [0.2, 0.25) is 0 Å². The van der Waals surface area contributed by atoms with Crippen molar-refractivity contribution in [2.45, 2.75) is 0 Å². The van der Waals surface area contributed by atoms with E-state index in [4.69, 9.17) is 0 Å².